The highest BCUT2D eigenvalue weighted by atomic mass is 16.3. The Hall–Kier alpha value is -1.06. The third kappa shape index (κ3) is 4.36. The lowest BCUT2D eigenvalue weighted by Gasteiger charge is -2.33. The molecule has 3 heteroatoms. The molecule has 0 saturated heterocycles. The van der Waals surface area contributed by atoms with Crippen LogP contribution >= 0.6 is 0 Å². The molecule has 1 atom stereocenters. The van der Waals surface area contributed by atoms with Crippen molar-refractivity contribution in [3.8, 4) is 0 Å². The van der Waals surface area contributed by atoms with Crippen molar-refractivity contribution in [2.45, 2.75) is 39.3 Å². The van der Waals surface area contributed by atoms with Crippen LogP contribution < -0.4 is 5.73 Å². The lowest BCUT2D eigenvalue weighted by molar-refractivity contribution is 0.0249. The second kappa shape index (κ2) is 5.52. The molecule has 0 spiro atoms. The number of rotatable bonds is 5. The number of nitrogens with zero attached hydrogens (tertiary/aromatic N) is 1. The first-order valence-electron chi connectivity index (χ1n) is 6.15. The monoisotopic (exact) mass is 236 g/mol. The molecular weight excluding hydrogens is 212 g/mol. The lowest BCUT2D eigenvalue weighted by atomic mass is 10.0. The van der Waals surface area contributed by atoms with E-state index in [0.717, 1.165) is 12.2 Å². The molecule has 0 fully saturated rings. The molecule has 3 N–H and O–H groups in total. The van der Waals surface area contributed by atoms with Gasteiger partial charge in [0.15, 0.2) is 0 Å². The third-order valence-corrected chi connectivity index (χ3v) is 2.94. The van der Waals surface area contributed by atoms with E-state index in [4.69, 9.17) is 5.73 Å². The number of anilines is 1. The molecule has 0 aliphatic heterocycles. The van der Waals surface area contributed by atoms with E-state index in [1.807, 2.05) is 32.0 Å². The van der Waals surface area contributed by atoms with Crippen LogP contribution in [0.3, 0.4) is 0 Å². The van der Waals surface area contributed by atoms with Crippen molar-refractivity contribution in [3.05, 3.63) is 29.8 Å². The molecule has 96 valence electrons. The van der Waals surface area contributed by atoms with Crippen LogP contribution in [0.5, 0.6) is 0 Å². The highest BCUT2D eigenvalue weighted by Crippen LogP contribution is 2.23. The molecule has 17 heavy (non-hydrogen) atoms. The number of hydrogen-bond acceptors (Lipinski definition) is 3. The topological polar surface area (TPSA) is 49.5 Å². The van der Waals surface area contributed by atoms with Crippen molar-refractivity contribution in [1.82, 2.24) is 4.90 Å². The number of benzene rings is 1. The molecule has 0 aliphatic carbocycles. The van der Waals surface area contributed by atoms with Gasteiger partial charge in [0.2, 0.25) is 0 Å². The first-order valence-corrected chi connectivity index (χ1v) is 6.15. The van der Waals surface area contributed by atoms with Gasteiger partial charge in [0.25, 0.3) is 0 Å². The van der Waals surface area contributed by atoms with Crippen molar-refractivity contribution in [2.75, 3.05) is 18.8 Å². The normalized spacial score (nSPS) is 14.0. The van der Waals surface area contributed by atoms with Crippen molar-refractivity contribution < 1.29 is 5.11 Å². The van der Waals surface area contributed by atoms with Crippen molar-refractivity contribution in [3.63, 3.8) is 0 Å². The van der Waals surface area contributed by atoms with Gasteiger partial charge < -0.3 is 10.8 Å². The minimum absolute atomic E-state index is 0.259. The van der Waals surface area contributed by atoms with Crippen LogP contribution in [0.2, 0.25) is 0 Å². The first kappa shape index (κ1) is 14.0. The Morgan fingerprint density at radius 2 is 2.06 bits per heavy atom. The Kier molecular flexibility index (Phi) is 4.54. The SMILES string of the molecule is CCN(CC(C)(C)O)C(C)c1cccc(N)c1. The summed E-state index contributed by atoms with van der Waals surface area (Å²) < 4.78 is 0. The van der Waals surface area contributed by atoms with Gasteiger partial charge in [-0.15, -0.1) is 0 Å². The molecular formula is C14H24N2O. The molecule has 0 radical (unpaired) electrons. The number of hydrogen-bond donors (Lipinski definition) is 2. The zero-order valence-electron chi connectivity index (χ0n) is 11.3. The molecule has 1 unspecified atom stereocenters. The lowest BCUT2D eigenvalue weighted by Crippen LogP contribution is -2.39. The number of likely N-dealkylation sites (N-methyl/N-ethyl adjacent to an activating group) is 1. The Morgan fingerprint density at radius 1 is 1.41 bits per heavy atom. The highest BCUT2D eigenvalue weighted by molar-refractivity contribution is 5.41. The summed E-state index contributed by atoms with van der Waals surface area (Å²) in [5.74, 6) is 0. The Morgan fingerprint density at radius 3 is 2.53 bits per heavy atom. The Balaban J connectivity index is 2.82. The van der Waals surface area contributed by atoms with Gasteiger partial charge in [-0.1, -0.05) is 19.1 Å². The molecule has 3 nitrogen and oxygen atoms in total. The molecule has 0 bridgehead atoms. The van der Waals surface area contributed by atoms with Crippen LogP contribution in [0.25, 0.3) is 0 Å². The van der Waals surface area contributed by atoms with Crippen LogP contribution in [0.4, 0.5) is 5.69 Å². The van der Waals surface area contributed by atoms with Gasteiger partial charge in [-0.25, -0.2) is 0 Å². The van der Waals surface area contributed by atoms with Crippen LogP contribution in [0.1, 0.15) is 39.3 Å². The van der Waals surface area contributed by atoms with E-state index >= 15 is 0 Å². The van der Waals surface area contributed by atoms with Crippen LogP contribution in [0.15, 0.2) is 24.3 Å². The van der Waals surface area contributed by atoms with Crippen LogP contribution in [0, 0.1) is 0 Å². The molecule has 1 aromatic carbocycles. The van der Waals surface area contributed by atoms with Gasteiger partial charge in [-0.2, -0.15) is 0 Å². The predicted octanol–water partition coefficient (Wildman–Crippen LogP) is 2.42. The summed E-state index contributed by atoms with van der Waals surface area (Å²) >= 11 is 0. The van der Waals surface area contributed by atoms with Crippen molar-refractivity contribution in [2.24, 2.45) is 0 Å². The van der Waals surface area contributed by atoms with Gasteiger partial charge in [0.1, 0.15) is 0 Å². The maximum absolute atomic E-state index is 9.90. The van der Waals surface area contributed by atoms with Crippen molar-refractivity contribution in [1.29, 1.82) is 0 Å². The number of aliphatic hydroxyl groups is 1. The maximum atomic E-state index is 9.90. The van der Waals surface area contributed by atoms with E-state index in [1.54, 1.807) is 0 Å². The summed E-state index contributed by atoms with van der Waals surface area (Å²) in [7, 11) is 0. The Labute approximate surface area is 104 Å². The number of nitrogen functional groups attached to an aromatic ring is 1. The fraction of sp³-hybridized carbons (Fsp3) is 0.571. The second-order valence-electron chi connectivity index (χ2n) is 5.22. The second-order valence-corrected chi connectivity index (χ2v) is 5.22. The maximum Gasteiger partial charge on any atom is 0.0718 e. The molecule has 1 aromatic rings. The fourth-order valence-corrected chi connectivity index (χ4v) is 2.05. The largest absolute Gasteiger partial charge is 0.399 e. The zero-order chi connectivity index (χ0) is 13.1. The van der Waals surface area contributed by atoms with Gasteiger partial charge in [-0.05, 0) is 45.0 Å². The molecule has 1 rings (SSSR count). The van der Waals surface area contributed by atoms with E-state index in [1.165, 1.54) is 5.56 Å². The average molecular weight is 236 g/mol. The minimum Gasteiger partial charge on any atom is -0.399 e. The number of nitrogens with two attached hydrogens (primary N) is 1. The van der Waals surface area contributed by atoms with E-state index in [9.17, 15) is 5.11 Å². The summed E-state index contributed by atoms with van der Waals surface area (Å²) in [6, 6.07) is 8.20. The molecule has 0 aromatic heterocycles. The van der Waals surface area contributed by atoms with Gasteiger partial charge in [0, 0.05) is 18.3 Å². The molecule has 0 amide bonds. The summed E-state index contributed by atoms with van der Waals surface area (Å²) in [6.45, 7) is 9.47. The smallest absolute Gasteiger partial charge is 0.0718 e. The fourth-order valence-electron chi connectivity index (χ4n) is 2.05. The summed E-state index contributed by atoms with van der Waals surface area (Å²) in [5.41, 5.74) is 7.10. The van der Waals surface area contributed by atoms with Gasteiger partial charge in [0.05, 0.1) is 5.60 Å². The highest BCUT2D eigenvalue weighted by Gasteiger charge is 2.22. The summed E-state index contributed by atoms with van der Waals surface area (Å²) in [5, 5.41) is 9.90. The van der Waals surface area contributed by atoms with Gasteiger partial charge >= 0.3 is 0 Å². The molecule has 0 saturated carbocycles. The van der Waals surface area contributed by atoms with Gasteiger partial charge in [-0.3, -0.25) is 4.90 Å². The van der Waals surface area contributed by atoms with E-state index in [0.29, 0.717) is 6.54 Å². The molecule has 0 aliphatic rings. The van der Waals surface area contributed by atoms with E-state index < -0.39 is 5.60 Å². The quantitative estimate of drug-likeness (QED) is 0.772. The van der Waals surface area contributed by atoms with Crippen LogP contribution in [-0.4, -0.2) is 28.7 Å². The Bertz CT molecular complexity index is 357. The van der Waals surface area contributed by atoms with Crippen LogP contribution in [-0.2, 0) is 0 Å². The third-order valence-electron chi connectivity index (χ3n) is 2.94. The first-order chi connectivity index (χ1) is 7.83. The standard InChI is InChI=1S/C14H24N2O/c1-5-16(10-14(3,4)17)11(2)12-7-6-8-13(15)9-12/h6-9,11,17H,5,10,15H2,1-4H3. The molecule has 0 heterocycles. The van der Waals surface area contributed by atoms with E-state index in [-0.39, 0.29) is 6.04 Å². The predicted molar refractivity (Wildman–Crippen MR) is 72.8 cm³/mol. The van der Waals surface area contributed by atoms with Crippen molar-refractivity contribution >= 4 is 5.69 Å². The van der Waals surface area contributed by atoms with E-state index in [2.05, 4.69) is 24.8 Å². The summed E-state index contributed by atoms with van der Waals surface area (Å²) in [4.78, 5) is 2.24. The average Bonchev–Trinajstić information content (AvgIpc) is 2.23. The minimum atomic E-state index is -0.676. The zero-order valence-corrected chi connectivity index (χ0v) is 11.3. The summed E-state index contributed by atoms with van der Waals surface area (Å²) in [6.07, 6.45) is 0.